The molecule has 3 aromatic carbocycles. The van der Waals surface area contributed by atoms with Gasteiger partial charge in [-0.05, 0) is 59.2 Å². The minimum atomic E-state index is -0.162. The fourth-order valence-corrected chi connectivity index (χ4v) is 4.71. The fraction of sp³-hybridized carbons (Fsp3) is 0.226. The number of amides is 1. The first-order chi connectivity index (χ1) is 19.1. The van der Waals surface area contributed by atoms with Crippen LogP contribution in [-0.4, -0.2) is 36.6 Å². The van der Waals surface area contributed by atoms with Crippen LogP contribution in [0.1, 0.15) is 32.7 Å². The number of hydrogen-bond donors (Lipinski definition) is 0. The van der Waals surface area contributed by atoms with Crippen LogP contribution in [0.4, 0.5) is 0 Å². The lowest BCUT2D eigenvalue weighted by atomic mass is 10.0. The van der Waals surface area contributed by atoms with Gasteiger partial charge in [0.2, 0.25) is 0 Å². The Balaban J connectivity index is 1.39. The molecule has 0 atom stereocenters. The third kappa shape index (κ3) is 6.10. The van der Waals surface area contributed by atoms with Crippen molar-refractivity contribution in [3.63, 3.8) is 0 Å². The zero-order valence-electron chi connectivity index (χ0n) is 21.9. The normalized spacial score (nSPS) is 12.4. The summed E-state index contributed by atoms with van der Waals surface area (Å²) in [7, 11) is 3.25. The first-order valence-electron chi connectivity index (χ1n) is 12.6. The highest BCUT2D eigenvalue weighted by molar-refractivity contribution is 6.35. The summed E-state index contributed by atoms with van der Waals surface area (Å²) in [4.78, 5) is 19.8. The highest BCUT2D eigenvalue weighted by atomic mass is 35.5. The monoisotopic (exact) mass is 544 g/mol. The average Bonchev–Trinajstić information content (AvgIpc) is 2.99. The second kappa shape index (κ2) is 12.1. The standard InChI is InChI=1S/C31H29ClN2O5/c1-36-24-9-5-21(6-10-24)19-38-28-14-13-26(31(35)34-17-15-27-23(18-34)4-3-16-33-27)29(32)30(28)39-20-22-7-11-25(37-2)12-8-22/h3-14,16H,15,17-20H2,1-2H3. The first-order valence-corrected chi connectivity index (χ1v) is 13.0. The average molecular weight is 545 g/mol. The van der Waals surface area contributed by atoms with Gasteiger partial charge in [0.05, 0.1) is 24.8 Å². The van der Waals surface area contributed by atoms with Gasteiger partial charge in [0.25, 0.3) is 5.91 Å². The Kier molecular flexibility index (Phi) is 8.18. The second-order valence-electron chi connectivity index (χ2n) is 9.11. The van der Waals surface area contributed by atoms with Crippen molar-refractivity contribution < 1.29 is 23.7 Å². The van der Waals surface area contributed by atoms with Gasteiger partial charge in [-0.15, -0.1) is 0 Å². The molecular weight excluding hydrogens is 516 g/mol. The van der Waals surface area contributed by atoms with Crippen LogP contribution in [0.3, 0.4) is 0 Å². The molecule has 1 aliphatic heterocycles. The Morgan fingerprint density at radius 1 is 0.872 bits per heavy atom. The molecule has 0 unspecified atom stereocenters. The van der Waals surface area contributed by atoms with Crippen LogP contribution in [0.15, 0.2) is 79.0 Å². The molecule has 39 heavy (non-hydrogen) atoms. The molecule has 4 aromatic rings. The number of hydrogen-bond acceptors (Lipinski definition) is 6. The molecular formula is C31H29ClN2O5. The van der Waals surface area contributed by atoms with E-state index >= 15 is 0 Å². The zero-order valence-corrected chi connectivity index (χ0v) is 22.6. The molecule has 1 aromatic heterocycles. The Labute approximate surface area is 232 Å². The number of nitrogens with zero attached hydrogens (tertiary/aromatic N) is 2. The van der Waals surface area contributed by atoms with Crippen molar-refractivity contribution >= 4 is 17.5 Å². The fourth-order valence-electron chi connectivity index (χ4n) is 4.42. The number of ether oxygens (including phenoxy) is 4. The number of methoxy groups -OCH3 is 2. The molecule has 8 heteroatoms. The summed E-state index contributed by atoms with van der Waals surface area (Å²) >= 11 is 6.86. The lowest BCUT2D eigenvalue weighted by Gasteiger charge is -2.29. The molecule has 0 aliphatic carbocycles. The van der Waals surface area contributed by atoms with Crippen LogP contribution >= 0.6 is 11.6 Å². The Morgan fingerprint density at radius 2 is 1.51 bits per heavy atom. The number of fused-ring (bicyclic) bond motifs is 1. The van der Waals surface area contributed by atoms with E-state index in [1.54, 1.807) is 37.4 Å². The van der Waals surface area contributed by atoms with Crippen LogP contribution < -0.4 is 18.9 Å². The number of pyridine rings is 1. The van der Waals surface area contributed by atoms with E-state index < -0.39 is 0 Å². The Morgan fingerprint density at radius 3 is 2.15 bits per heavy atom. The highest BCUT2D eigenvalue weighted by Crippen LogP contribution is 2.39. The van der Waals surface area contributed by atoms with Crippen LogP contribution in [0.5, 0.6) is 23.0 Å². The predicted octanol–water partition coefficient (Wildman–Crippen LogP) is 6.11. The molecule has 0 radical (unpaired) electrons. The summed E-state index contributed by atoms with van der Waals surface area (Å²) in [6, 6.07) is 22.5. The molecule has 0 spiro atoms. The van der Waals surface area contributed by atoms with E-state index in [1.807, 2.05) is 60.7 Å². The minimum absolute atomic E-state index is 0.162. The molecule has 1 amide bonds. The molecule has 0 N–H and O–H groups in total. The van der Waals surface area contributed by atoms with Gasteiger partial charge in [0.15, 0.2) is 11.5 Å². The van der Waals surface area contributed by atoms with Crippen molar-refractivity contribution in [1.82, 2.24) is 9.88 Å². The summed E-state index contributed by atoms with van der Waals surface area (Å²) < 4.78 is 22.8. The highest BCUT2D eigenvalue weighted by Gasteiger charge is 2.26. The molecule has 0 saturated carbocycles. The van der Waals surface area contributed by atoms with E-state index in [1.165, 1.54) is 0 Å². The Bertz CT molecular complexity index is 1440. The number of rotatable bonds is 9. The summed E-state index contributed by atoms with van der Waals surface area (Å²) in [5.41, 5.74) is 4.31. The van der Waals surface area contributed by atoms with Crippen molar-refractivity contribution in [2.24, 2.45) is 0 Å². The minimum Gasteiger partial charge on any atom is -0.497 e. The van der Waals surface area contributed by atoms with Gasteiger partial charge >= 0.3 is 0 Å². The van der Waals surface area contributed by atoms with Gasteiger partial charge < -0.3 is 23.8 Å². The lowest BCUT2D eigenvalue weighted by Crippen LogP contribution is -2.36. The number of benzene rings is 3. The molecule has 0 saturated heterocycles. The first kappa shape index (κ1) is 26.4. The summed E-state index contributed by atoms with van der Waals surface area (Å²) in [6.45, 7) is 1.58. The van der Waals surface area contributed by atoms with E-state index in [2.05, 4.69) is 4.98 Å². The van der Waals surface area contributed by atoms with Crippen molar-refractivity contribution in [2.45, 2.75) is 26.2 Å². The third-order valence-corrected chi connectivity index (χ3v) is 7.01. The molecule has 200 valence electrons. The van der Waals surface area contributed by atoms with Gasteiger partial charge in [0.1, 0.15) is 24.7 Å². The van der Waals surface area contributed by atoms with Crippen molar-refractivity contribution in [3.05, 3.63) is 112 Å². The van der Waals surface area contributed by atoms with Gasteiger partial charge in [-0.1, -0.05) is 41.9 Å². The molecule has 1 aliphatic rings. The van der Waals surface area contributed by atoms with Crippen molar-refractivity contribution in [3.8, 4) is 23.0 Å². The van der Waals surface area contributed by atoms with Gasteiger partial charge in [0, 0.05) is 31.4 Å². The van der Waals surface area contributed by atoms with Crippen LogP contribution in [-0.2, 0) is 26.2 Å². The smallest absolute Gasteiger partial charge is 0.255 e. The summed E-state index contributed by atoms with van der Waals surface area (Å²) in [6.07, 6.45) is 2.48. The van der Waals surface area contributed by atoms with E-state index in [9.17, 15) is 4.79 Å². The SMILES string of the molecule is COc1ccc(COc2ccc(C(=O)N3CCc4ncccc4C3)c(Cl)c2OCc2ccc(OC)cc2)cc1. The molecule has 5 rings (SSSR count). The Hall–Kier alpha value is -4.23. The van der Waals surface area contributed by atoms with E-state index in [0.29, 0.717) is 43.2 Å². The third-order valence-electron chi connectivity index (χ3n) is 6.64. The quantitative estimate of drug-likeness (QED) is 0.253. The van der Waals surface area contributed by atoms with Crippen molar-refractivity contribution in [2.75, 3.05) is 20.8 Å². The second-order valence-corrected chi connectivity index (χ2v) is 9.49. The van der Waals surface area contributed by atoms with Gasteiger partial charge in [-0.3, -0.25) is 9.78 Å². The molecule has 0 fully saturated rings. The number of carbonyl (C=O) groups excluding carboxylic acids is 1. The number of aromatic nitrogens is 1. The van der Waals surface area contributed by atoms with Crippen LogP contribution in [0, 0.1) is 0 Å². The maximum Gasteiger partial charge on any atom is 0.255 e. The maximum absolute atomic E-state index is 13.6. The number of carbonyl (C=O) groups is 1. The zero-order chi connectivity index (χ0) is 27.2. The van der Waals surface area contributed by atoms with E-state index in [4.69, 9.17) is 30.5 Å². The van der Waals surface area contributed by atoms with E-state index in [-0.39, 0.29) is 17.5 Å². The van der Waals surface area contributed by atoms with E-state index in [0.717, 1.165) is 33.9 Å². The lowest BCUT2D eigenvalue weighted by molar-refractivity contribution is 0.0733. The topological polar surface area (TPSA) is 70.1 Å². The summed E-state index contributed by atoms with van der Waals surface area (Å²) in [5.74, 6) is 2.14. The van der Waals surface area contributed by atoms with Crippen molar-refractivity contribution in [1.29, 1.82) is 0 Å². The van der Waals surface area contributed by atoms with Gasteiger partial charge in [-0.2, -0.15) is 0 Å². The molecule has 7 nitrogen and oxygen atoms in total. The summed E-state index contributed by atoms with van der Waals surface area (Å²) in [5, 5.41) is 0.220. The molecule has 2 heterocycles. The maximum atomic E-state index is 13.6. The van der Waals surface area contributed by atoms with Crippen LogP contribution in [0.25, 0.3) is 0 Å². The largest absolute Gasteiger partial charge is 0.497 e. The van der Waals surface area contributed by atoms with Crippen LogP contribution in [0.2, 0.25) is 5.02 Å². The van der Waals surface area contributed by atoms with Gasteiger partial charge in [-0.25, -0.2) is 0 Å². The molecule has 0 bridgehead atoms. The number of halogens is 1. The predicted molar refractivity (Wildman–Crippen MR) is 149 cm³/mol.